The molecule has 1 fully saturated rings. The summed E-state index contributed by atoms with van der Waals surface area (Å²) in [6.07, 6.45) is 9.28. The predicted octanol–water partition coefficient (Wildman–Crippen LogP) is 2.51. The molecule has 160 valence electrons. The second-order valence-corrected chi connectivity index (χ2v) is 8.53. The van der Waals surface area contributed by atoms with Crippen LogP contribution in [0.25, 0.3) is 0 Å². The molecular weight excluding hydrogens is 378 g/mol. The lowest BCUT2D eigenvalue weighted by Gasteiger charge is -2.33. The van der Waals surface area contributed by atoms with Crippen molar-refractivity contribution in [3.63, 3.8) is 0 Å². The molecule has 0 spiro atoms. The Morgan fingerprint density at radius 1 is 1.23 bits per heavy atom. The highest BCUT2D eigenvalue weighted by Gasteiger charge is 2.32. The number of nitrogens with one attached hydrogen (secondary N) is 1. The first kappa shape index (κ1) is 20.6. The van der Waals surface area contributed by atoms with E-state index in [1.165, 1.54) is 30.5 Å². The number of likely N-dealkylation sites (tertiary alicyclic amines) is 1. The molecule has 1 aliphatic carbocycles. The molecule has 7 heteroatoms. The Morgan fingerprint density at radius 2 is 2.10 bits per heavy atom. The Kier molecular flexibility index (Phi) is 6.45. The van der Waals surface area contributed by atoms with E-state index >= 15 is 0 Å². The van der Waals surface area contributed by atoms with Crippen LogP contribution in [-0.4, -0.2) is 56.9 Å². The zero-order valence-electron chi connectivity index (χ0n) is 17.8. The van der Waals surface area contributed by atoms with Gasteiger partial charge in [0.1, 0.15) is 0 Å². The fraction of sp³-hybridized carbons (Fsp3) is 0.565. The SMILES string of the molecule is CN(Cc1n[nH]c2c1CCCCC2)C(=O)[C@H]1CCC(=O)N(CCc2ccccn2)C1. The molecular formula is C23H31N5O2. The van der Waals surface area contributed by atoms with Crippen LogP contribution in [0.3, 0.4) is 0 Å². The van der Waals surface area contributed by atoms with Crippen molar-refractivity contribution in [3.05, 3.63) is 47.0 Å². The predicted molar refractivity (Wildman–Crippen MR) is 114 cm³/mol. The van der Waals surface area contributed by atoms with Crippen molar-refractivity contribution < 1.29 is 9.59 Å². The summed E-state index contributed by atoms with van der Waals surface area (Å²) in [5.74, 6) is 0.0972. The molecule has 2 amide bonds. The van der Waals surface area contributed by atoms with E-state index in [9.17, 15) is 9.59 Å². The molecule has 2 aliphatic rings. The number of aromatic nitrogens is 3. The maximum absolute atomic E-state index is 13.1. The molecule has 0 radical (unpaired) electrons. The maximum atomic E-state index is 13.1. The molecule has 0 bridgehead atoms. The summed E-state index contributed by atoms with van der Waals surface area (Å²) < 4.78 is 0. The third-order valence-corrected chi connectivity index (χ3v) is 6.37. The molecule has 0 aromatic carbocycles. The smallest absolute Gasteiger partial charge is 0.227 e. The fourth-order valence-electron chi connectivity index (χ4n) is 4.60. The highest BCUT2D eigenvalue weighted by molar-refractivity contribution is 5.83. The highest BCUT2D eigenvalue weighted by Crippen LogP contribution is 2.24. The standard InChI is InChI=1S/C23H31N5O2/c1-27(16-21-19-8-3-2-4-9-20(19)25-26-21)23(30)17-10-11-22(29)28(15-17)14-12-18-7-5-6-13-24-18/h5-7,13,17H,2-4,8-12,14-16H2,1H3,(H,25,26)/t17-/m0/s1. The Balaban J connectivity index is 1.35. The van der Waals surface area contributed by atoms with Gasteiger partial charge in [0.2, 0.25) is 11.8 Å². The van der Waals surface area contributed by atoms with Gasteiger partial charge in [-0.1, -0.05) is 12.5 Å². The van der Waals surface area contributed by atoms with Gasteiger partial charge in [0.25, 0.3) is 0 Å². The molecule has 1 aliphatic heterocycles. The molecule has 0 unspecified atom stereocenters. The number of pyridine rings is 1. The van der Waals surface area contributed by atoms with Crippen LogP contribution in [0.15, 0.2) is 24.4 Å². The molecule has 1 atom stereocenters. The van der Waals surface area contributed by atoms with Crippen molar-refractivity contribution in [2.24, 2.45) is 5.92 Å². The van der Waals surface area contributed by atoms with Gasteiger partial charge in [-0.05, 0) is 49.8 Å². The van der Waals surface area contributed by atoms with Gasteiger partial charge in [0, 0.05) is 50.6 Å². The average molecular weight is 410 g/mol. The van der Waals surface area contributed by atoms with Crippen LogP contribution in [0.2, 0.25) is 0 Å². The third kappa shape index (κ3) is 4.71. The van der Waals surface area contributed by atoms with E-state index in [1.54, 1.807) is 11.1 Å². The Hall–Kier alpha value is -2.70. The van der Waals surface area contributed by atoms with Crippen molar-refractivity contribution in [1.82, 2.24) is 25.0 Å². The van der Waals surface area contributed by atoms with E-state index < -0.39 is 0 Å². The van der Waals surface area contributed by atoms with Crippen molar-refractivity contribution >= 4 is 11.8 Å². The Morgan fingerprint density at radius 3 is 2.93 bits per heavy atom. The topological polar surface area (TPSA) is 82.2 Å². The van der Waals surface area contributed by atoms with Crippen molar-refractivity contribution in [1.29, 1.82) is 0 Å². The van der Waals surface area contributed by atoms with Crippen molar-refractivity contribution in [3.8, 4) is 0 Å². The van der Waals surface area contributed by atoms with Crippen LogP contribution >= 0.6 is 0 Å². The van der Waals surface area contributed by atoms with Crippen LogP contribution in [0.5, 0.6) is 0 Å². The van der Waals surface area contributed by atoms with Gasteiger partial charge < -0.3 is 9.80 Å². The number of rotatable bonds is 6. The zero-order chi connectivity index (χ0) is 20.9. The van der Waals surface area contributed by atoms with Crippen molar-refractivity contribution in [2.45, 2.75) is 57.9 Å². The zero-order valence-corrected chi connectivity index (χ0v) is 17.8. The van der Waals surface area contributed by atoms with E-state index in [2.05, 4.69) is 15.2 Å². The van der Waals surface area contributed by atoms with E-state index in [1.807, 2.05) is 30.1 Å². The fourth-order valence-corrected chi connectivity index (χ4v) is 4.60. The molecule has 3 heterocycles. The Labute approximate surface area is 177 Å². The van der Waals surface area contributed by atoms with Crippen LogP contribution in [0.4, 0.5) is 0 Å². The summed E-state index contributed by atoms with van der Waals surface area (Å²) in [5.41, 5.74) is 4.52. The number of aryl methyl sites for hydroxylation is 1. The normalized spacial score (nSPS) is 19.3. The number of fused-ring (bicyclic) bond motifs is 1. The van der Waals surface area contributed by atoms with E-state index in [0.29, 0.717) is 38.9 Å². The quantitative estimate of drug-likeness (QED) is 0.743. The van der Waals surface area contributed by atoms with Crippen LogP contribution in [-0.2, 0) is 35.4 Å². The first-order chi connectivity index (χ1) is 14.6. The number of hydrogen-bond acceptors (Lipinski definition) is 4. The summed E-state index contributed by atoms with van der Waals surface area (Å²) in [6.45, 7) is 1.63. The number of H-pyrrole nitrogens is 1. The molecule has 0 saturated carbocycles. The lowest BCUT2D eigenvalue weighted by Crippen LogP contribution is -2.46. The second kappa shape index (κ2) is 9.41. The lowest BCUT2D eigenvalue weighted by molar-refractivity contribution is -0.142. The lowest BCUT2D eigenvalue weighted by atomic mass is 9.95. The van der Waals surface area contributed by atoms with Gasteiger partial charge in [0.05, 0.1) is 18.2 Å². The number of carbonyl (C=O) groups is 2. The largest absolute Gasteiger partial charge is 0.342 e. The summed E-state index contributed by atoms with van der Waals surface area (Å²) in [6, 6.07) is 5.81. The Bertz CT molecular complexity index is 879. The first-order valence-electron chi connectivity index (χ1n) is 11.1. The molecule has 1 saturated heterocycles. The van der Waals surface area contributed by atoms with Gasteiger partial charge in [-0.3, -0.25) is 19.7 Å². The summed E-state index contributed by atoms with van der Waals surface area (Å²) >= 11 is 0. The van der Waals surface area contributed by atoms with Gasteiger partial charge in [-0.15, -0.1) is 0 Å². The van der Waals surface area contributed by atoms with Crippen LogP contribution < -0.4 is 0 Å². The monoisotopic (exact) mass is 409 g/mol. The summed E-state index contributed by atoms with van der Waals surface area (Å²) in [5, 5.41) is 7.70. The molecule has 2 aromatic heterocycles. The first-order valence-corrected chi connectivity index (χ1v) is 11.1. The minimum atomic E-state index is -0.144. The second-order valence-electron chi connectivity index (χ2n) is 8.53. The third-order valence-electron chi connectivity index (χ3n) is 6.37. The maximum Gasteiger partial charge on any atom is 0.227 e. The number of amides is 2. The van der Waals surface area contributed by atoms with Gasteiger partial charge in [-0.25, -0.2) is 0 Å². The van der Waals surface area contributed by atoms with Gasteiger partial charge in [-0.2, -0.15) is 5.10 Å². The van der Waals surface area contributed by atoms with E-state index in [-0.39, 0.29) is 17.7 Å². The molecule has 30 heavy (non-hydrogen) atoms. The number of piperidine rings is 1. The highest BCUT2D eigenvalue weighted by atomic mass is 16.2. The van der Waals surface area contributed by atoms with E-state index in [0.717, 1.165) is 24.2 Å². The molecule has 4 rings (SSSR count). The van der Waals surface area contributed by atoms with E-state index in [4.69, 9.17) is 0 Å². The van der Waals surface area contributed by atoms with Crippen LogP contribution in [0.1, 0.15) is 54.7 Å². The summed E-state index contributed by atoms with van der Waals surface area (Å²) in [7, 11) is 1.86. The molecule has 2 aromatic rings. The average Bonchev–Trinajstić information content (AvgIpc) is 2.98. The van der Waals surface area contributed by atoms with Gasteiger partial charge in [0.15, 0.2) is 0 Å². The van der Waals surface area contributed by atoms with Crippen LogP contribution in [0, 0.1) is 5.92 Å². The molecule has 7 nitrogen and oxygen atoms in total. The molecule has 1 N–H and O–H groups in total. The summed E-state index contributed by atoms with van der Waals surface area (Å²) in [4.78, 5) is 33.4. The number of carbonyl (C=O) groups excluding carboxylic acids is 2. The van der Waals surface area contributed by atoms with Crippen molar-refractivity contribution in [2.75, 3.05) is 20.1 Å². The minimum absolute atomic E-state index is 0.107. The minimum Gasteiger partial charge on any atom is -0.342 e. The number of aromatic amines is 1. The number of nitrogens with zero attached hydrogens (tertiary/aromatic N) is 4. The van der Waals surface area contributed by atoms with Gasteiger partial charge >= 0.3 is 0 Å². The number of hydrogen-bond donors (Lipinski definition) is 1.